The zero-order valence-electron chi connectivity index (χ0n) is 11.4. The first-order chi connectivity index (χ1) is 9.26. The maximum Gasteiger partial charge on any atom is 0.231 e. The summed E-state index contributed by atoms with van der Waals surface area (Å²) in [6.07, 6.45) is 1.21. The number of fused-ring (bicyclic) bond motifs is 1. The Balaban J connectivity index is 1.68. The number of hydrogen-bond donors (Lipinski definition) is 1. The van der Waals surface area contributed by atoms with Crippen molar-refractivity contribution in [2.45, 2.75) is 19.0 Å². The third-order valence-electron chi connectivity index (χ3n) is 3.70. The summed E-state index contributed by atoms with van der Waals surface area (Å²) in [4.78, 5) is 2.35. The van der Waals surface area contributed by atoms with Crippen molar-refractivity contribution in [2.24, 2.45) is 0 Å². The van der Waals surface area contributed by atoms with Gasteiger partial charge in [-0.15, -0.1) is 0 Å². The fourth-order valence-electron chi connectivity index (χ4n) is 2.65. The van der Waals surface area contributed by atoms with Gasteiger partial charge in [0.1, 0.15) is 0 Å². The van der Waals surface area contributed by atoms with Crippen LogP contribution in [0.3, 0.4) is 0 Å². The van der Waals surface area contributed by atoms with Gasteiger partial charge < -0.3 is 24.4 Å². The number of likely N-dealkylation sites (N-methyl/N-ethyl adjacent to an activating group) is 1. The van der Waals surface area contributed by atoms with Crippen LogP contribution in [0.15, 0.2) is 12.1 Å². The van der Waals surface area contributed by atoms with Gasteiger partial charge in [-0.1, -0.05) is 0 Å². The highest BCUT2D eigenvalue weighted by Gasteiger charge is 2.21. The van der Waals surface area contributed by atoms with E-state index in [-0.39, 0.29) is 6.79 Å². The van der Waals surface area contributed by atoms with Crippen molar-refractivity contribution in [3.05, 3.63) is 17.7 Å². The second kappa shape index (κ2) is 5.27. The number of hydrogen-bond acceptors (Lipinski definition) is 5. The van der Waals surface area contributed by atoms with E-state index in [4.69, 9.17) is 14.2 Å². The highest BCUT2D eigenvalue weighted by Crippen LogP contribution is 2.41. The molecule has 1 aromatic rings. The predicted octanol–water partition coefficient (Wildman–Crippen LogP) is 1.22. The lowest BCUT2D eigenvalue weighted by Crippen LogP contribution is -2.30. The van der Waals surface area contributed by atoms with E-state index in [1.165, 1.54) is 13.0 Å². The lowest BCUT2D eigenvalue weighted by molar-refractivity contribution is 0.171. The summed E-state index contributed by atoms with van der Waals surface area (Å²) in [6, 6.07) is 4.61. The molecule has 1 fully saturated rings. The standard InChI is InChI=1S/C14H20N2O3/c1-16-4-3-11(8-16)15-7-10-5-12(17-2)14-13(6-10)18-9-19-14/h5-6,11,15H,3-4,7-9H2,1-2H3. The zero-order valence-corrected chi connectivity index (χ0v) is 11.4. The van der Waals surface area contributed by atoms with Crippen LogP contribution in [-0.4, -0.2) is 45.0 Å². The minimum atomic E-state index is 0.274. The summed E-state index contributed by atoms with van der Waals surface area (Å²) < 4.78 is 16.2. The fraction of sp³-hybridized carbons (Fsp3) is 0.571. The molecule has 0 amide bonds. The Morgan fingerprint density at radius 1 is 1.42 bits per heavy atom. The van der Waals surface area contributed by atoms with E-state index < -0.39 is 0 Å². The van der Waals surface area contributed by atoms with Crippen LogP contribution in [0.2, 0.25) is 0 Å². The summed E-state index contributed by atoms with van der Waals surface area (Å²) in [5.74, 6) is 2.24. The maximum absolute atomic E-state index is 5.43. The fourth-order valence-corrected chi connectivity index (χ4v) is 2.65. The number of ether oxygens (including phenoxy) is 3. The van der Waals surface area contributed by atoms with Gasteiger partial charge in [-0.05, 0) is 37.7 Å². The van der Waals surface area contributed by atoms with E-state index >= 15 is 0 Å². The molecule has 1 N–H and O–H groups in total. The molecule has 0 spiro atoms. The van der Waals surface area contributed by atoms with E-state index in [0.717, 1.165) is 30.2 Å². The van der Waals surface area contributed by atoms with Crippen LogP contribution in [0.4, 0.5) is 0 Å². The van der Waals surface area contributed by atoms with Gasteiger partial charge >= 0.3 is 0 Å². The molecule has 5 heteroatoms. The highest BCUT2D eigenvalue weighted by atomic mass is 16.7. The van der Waals surface area contributed by atoms with Crippen molar-refractivity contribution in [1.82, 2.24) is 10.2 Å². The Bertz CT molecular complexity index is 464. The Kier molecular flexibility index (Phi) is 3.48. The van der Waals surface area contributed by atoms with E-state index in [1.54, 1.807) is 7.11 Å². The average molecular weight is 264 g/mol. The quantitative estimate of drug-likeness (QED) is 0.885. The van der Waals surface area contributed by atoms with Gasteiger partial charge in [-0.25, -0.2) is 0 Å². The number of nitrogens with one attached hydrogen (secondary N) is 1. The topological polar surface area (TPSA) is 43.0 Å². The molecule has 2 aliphatic heterocycles. The average Bonchev–Trinajstić information content (AvgIpc) is 3.03. The Morgan fingerprint density at radius 2 is 2.32 bits per heavy atom. The number of benzene rings is 1. The molecule has 0 saturated carbocycles. The first-order valence-corrected chi connectivity index (χ1v) is 6.64. The number of methoxy groups -OCH3 is 1. The molecule has 0 radical (unpaired) electrons. The molecule has 0 aromatic heterocycles. The van der Waals surface area contributed by atoms with E-state index in [9.17, 15) is 0 Å². The van der Waals surface area contributed by atoms with Gasteiger partial charge in [0.15, 0.2) is 11.5 Å². The predicted molar refractivity (Wildman–Crippen MR) is 71.9 cm³/mol. The SMILES string of the molecule is COc1cc(CNC2CCN(C)C2)cc2c1OCO2. The summed E-state index contributed by atoms with van der Waals surface area (Å²) in [6.45, 7) is 3.38. The first kappa shape index (κ1) is 12.6. The van der Waals surface area contributed by atoms with E-state index in [1.807, 2.05) is 12.1 Å². The van der Waals surface area contributed by atoms with Gasteiger partial charge in [-0.2, -0.15) is 0 Å². The monoisotopic (exact) mass is 264 g/mol. The third-order valence-corrected chi connectivity index (χ3v) is 3.70. The first-order valence-electron chi connectivity index (χ1n) is 6.64. The Labute approximate surface area is 113 Å². The number of rotatable bonds is 4. The molecule has 19 heavy (non-hydrogen) atoms. The van der Waals surface area contributed by atoms with Crippen LogP contribution < -0.4 is 19.5 Å². The normalized spacial score (nSPS) is 21.9. The molecule has 1 saturated heterocycles. The van der Waals surface area contributed by atoms with Crippen LogP contribution in [0.5, 0.6) is 17.2 Å². The van der Waals surface area contributed by atoms with Crippen LogP contribution in [-0.2, 0) is 6.54 Å². The molecule has 5 nitrogen and oxygen atoms in total. The highest BCUT2D eigenvalue weighted by molar-refractivity contribution is 5.55. The van der Waals surface area contributed by atoms with Crippen molar-refractivity contribution >= 4 is 0 Å². The molecular weight excluding hydrogens is 244 g/mol. The van der Waals surface area contributed by atoms with E-state index in [0.29, 0.717) is 11.8 Å². The second-order valence-corrected chi connectivity index (χ2v) is 5.16. The maximum atomic E-state index is 5.43. The molecule has 104 valence electrons. The number of nitrogens with zero attached hydrogens (tertiary/aromatic N) is 1. The molecule has 1 aromatic carbocycles. The summed E-state index contributed by atoms with van der Waals surface area (Å²) in [5, 5.41) is 3.58. The summed E-state index contributed by atoms with van der Waals surface area (Å²) >= 11 is 0. The van der Waals surface area contributed by atoms with Crippen LogP contribution >= 0.6 is 0 Å². The molecule has 2 aliphatic rings. The van der Waals surface area contributed by atoms with Crippen molar-refractivity contribution in [3.63, 3.8) is 0 Å². The van der Waals surface area contributed by atoms with Crippen molar-refractivity contribution in [1.29, 1.82) is 0 Å². The number of likely N-dealkylation sites (tertiary alicyclic amines) is 1. The van der Waals surface area contributed by atoms with Gasteiger partial charge in [-0.3, -0.25) is 0 Å². The molecule has 1 unspecified atom stereocenters. The Morgan fingerprint density at radius 3 is 3.05 bits per heavy atom. The van der Waals surface area contributed by atoms with E-state index in [2.05, 4.69) is 17.3 Å². The molecule has 0 aliphatic carbocycles. The molecule has 2 heterocycles. The summed E-state index contributed by atoms with van der Waals surface area (Å²) in [5.41, 5.74) is 1.16. The smallest absolute Gasteiger partial charge is 0.231 e. The lowest BCUT2D eigenvalue weighted by Gasteiger charge is -2.14. The second-order valence-electron chi connectivity index (χ2n) is 5.16. The van der Waals surface area contributed by atoms with Crippen molar-refractivity contribution in [3.8, 4) is 17.2 Å². The minimum Gasteiger partial charge on any atom is -0.493 e. The molecule has 0 bridgehead atoms. The van der Waals surface area contributed by atoms with Crippen LogP contribution in [0, 0.1) is 0 Å². The minimum absolute atomic E-state index is 0.274. The van der Waals surface area contributed by atoms with Crippen LogP contribution in [0.1, 0.15) is 12.0 Å². The van der Waals surface area contributed by atoms with Gasteiger partial charge in [0.25, 0.3) is 0 Å². The molecular formula is C14H20N2O3. The van der Waals surface area contributed by atoms with Crippen molar-refractivity contribution < 1.29 is 14.2 Å². The molecule has 3 rings (SSSR count). The third kappa shape index (κ3) is 2.62. The zero-order chi connectivity index (χ0) is 13.2. The van der Waals surface area contributed by atoms with Crippen molar-refractivity contribution in [2.75, 3.05) is 34.0 Å². The lowest BCUT2D eigenvalue weighted by atomic mass is 10.1. The van der Waals surface area contributed by atoms with Gasteiger partial charge in [0.05, 0.1) is 7.11 Å². The Hall–Kier alpha value is -1.46. The molecule has 1 atom stereocenters. The largest absolute Gasteiger partial charge is 0.493 e. The van der Waals surface area contributed by atoms with Gasteiger partial charge in [0.2, 0.25) is 12.5 Å². The summed E-state index contributed by atoms with van der Waals surface area (Å²) in [7, 11) is 3.81. The van der Waals surface area contributed by atoms with Gasteiger partial charge in [0, 0.05) is 19.1 Å². The van der Waals surface area contributed by atoms with Crippen LogP contribution in [0.25, 0.3) is 0 Å².